The van der Waals surface area contributed by atoms with Gasteiger partial charge < -0.3 is 5.11 Å². The molecule has 0 fully saturated rings. The molecule has 3 nitrogen and oxygen atoms in total. The van der Waals surface area contributed by atoms with Crippen molar-refractivity contribution >= 4 is 5.97 Å². The summed E-state index contributed by atoms with van der Waals surface area (Å²) in [5.41, 5.74) is 5.45. The molecule has 3 heteroatoms. The van der Waals surface area contributed by atoms with Crippen LogP contribution in [0.3, 0.4) is 0 Å². The highest BCUT2D eigenvalue weighted by atomic mass is 16.4. The van der Waals surface area contributed by atoms with E-state index in [1.807, 2.05) is 18.3 Å². The Labute approximate surface area is 141 Å². The first-order valence-corrected chi connectivity index (χ1v) is 7.93. The zero-order chi connectivity index (χ0) is 17.1. The van der Waals surface area contributed by atoms with Gasteiger partial charge in [-0.3, -0.25) is 4.98 Å². The highest BCUT2D eigenvalue weighted by Gasteiger charge is 2.07. The second kappa shape index (κ2) is 6.67. The van der Waals surface area contributed by atoms with Crippen molar-refractivity contribution in [1.29, 1.82) is 0 Å². The molecule has 1 N–H and O–H groups in total. The predicted molar refractivity (Wildman–Crippen MR) is 96.2 cm³/mol. The SMILES string of the molecule is CC(C)c1ccc(-c2cncc(-c3cccc(C(=O)O)c3)c2)cc1. The van der Waals surface area contributed by atoms with Gasteiger partial charge in [0.2, 0.25) is 0 Å². The number of carboxylic acid groups (broad SMARTS) is 1. The minimum atomic E-state index is -0.926. The lowest BCUT2D eigenvalue weighted by Gasteiger charge is -2.09. The van der Waals surface area contributed by atoms with E-state index in [1.54, 1.807) is 24.4 Å². The highest BCUT2D eigenvalue weighted by Crippen LogP contribution is 2.27. The smallest absolute Gasteiger partial charge is 0.335 e. The van der Waals surface area contributed by atoms with E-state index >= 15 is 0 Å². The number of benzene rings is 2. The first kappa shape index (κ1) is 15.9. The number of hydrogen-bond acceptors (Lipinski definition) is 2. The Balaban J connectivity index is 1.97. The Morgan fingerprint density at radius 1 is 0.875 bits per heavy atom. The molecule has 120 valence electrons. The van der Waals surface area contributed by atoms with Gasteiger partial charge in [-0.05, 0) is 40.8 Å². The van der Waals surface area contributed by atoms with Crippen LogP contribution < -0.4 is 0 Å². The van der Waals surface area contributed by atoms with E-state index in [0.717, 1.165) is 22.3 Å². The van der Waals surface area contributed by atoms with E-state index in [0.29, 0.717) is 5.92 Å². The normalized spacial score (nSPS) is 10.8. The van der Waals surface area contributed by atoms with E-state index in [-0.39, 0.29) is 5.56 Å². The second-order valence-electron chi connectivity index (χ2n) is 6.12. The van der Waals surface area contributed by atoms with Crippen LogP contribution in [0.4, 0.5) is 0 Å². The Morgan fingerprint density at radius 2 is 1.54 bits per heavy atom. The Morgan fingerprint density at radius 3 is 2.17 bits per heavy atom. The van der Waals surface area contributed by atoms with Gasteiger partial charge in [-0.2, -0.15) is 0 Å². The van der Waals surface area contributed by atoms with Crippen molar-refractivity contribution < 1.29 is 9.90 Å². The van der Waals surface area contributed by atoms with Gasteiger partial charge in [-0.15, -0.1) is 0 Å². The summed E-state index contributed by atoms with van der Waals surface area (Å²) in [5, 5.41) is 9.14. The molecule has 24 heavy (non-hydrogen) atoms. The average molecular weight is 317 g/mol. The van der Waals surface area contributed by atoms with Gasteiger partial charge in [0.1, 0.15) is 0 Å². The van der Waals surface area contributed by atoms with Crippen molar-refractivity contribution in [1.82, 2.24) is 4.98 Å². The molecule has 3 rings (SSSR count). The molecule has 0 radical (unpaired) electrons. The second-order valence-corrected chi connectivity index (χ2v) is 6.12. The number of nitrogens with zero attached hydrogens (tertiary/aromatic N) is 1. The van der Waals surface area contributed by atoms with E-state index in [9.17, 15) is 4.79 Å². The number of carbonyl (C=O) groups is 1. The van der Waals surface area contributed by atoms with E-state index in [1.165, 1.54) is 5.56 Å². The molecular formula is C21H19NO2. The molecule has 2 aromatic carbocycles. The van der Waals surface area contributed by atoms with Gasteiger partial charge in [0.05, 0.1) is 5.56 Å². The maximum atomic E-state index is 11.1. The van der Waals surface area contributed by atoms with Crippen LogP contribution in [0.1, 0.15) is 35.7 Å². The van der Waals surface area contributed by atoms with Crippen molar-refractivity contribution in [3.05, 3.63) is 78.1 Å². The number of carboxylic acids is 1. The van der Waals surface area contributed by atoms with Crippen LogP contribution >= 0.6 is 0 Å². The lowest BCUT2D eigenvalue weighted by Crippen LogP contribution is -1.95. The molecule has 3 aromatic rings. The van der Waals surface area contributed by atoms with Crippen molar-refractivity contribution in [2.24, 2.45) is 0 Å². The Kier molecular flexibility index (Phi) is 4.43. The van der Waals surface area contributed by atoms with Crippen molar-refractivity contribution in [2.45, 2.75) is 19.8 Å². The lowest BCUT2D eigenvalue weighted by atomic mass is 9.97. The van der Waals surface area contributed by atoms with Gasteiger partial charge >= 0.3 is 5.97 Å². The molecule has 0 amide bonds. The van der Waals surface area contributed by atoms with Crippen LogP contribution in [0.15, 0.2) is 67.0 Å². The Hall–Kier alpha value is -2.94. The molecule has 0 atom stereocenters. The quantitative estimate of drug-likeness (QED) is 0.716. The van der Waals surface area contributed by atoms with Gasteiger partial charge in [0, 0.05) is 23.5 Å². The number of hydrogen-bond donors (Lipinski definition) is 1. The summed E-state index contributed by atoms with van der Waals surface area (Å²) in [6.07, 6.45) is 3.59. The topological polar surface area (TPSA) is 50.2 Å². The van der Waals surface area contributed by atoms with E-state index in [2.05, 4.69) is 43.1 Å². The standard InChI is InChI=1S/C21H19NO2/c1-14(2)15-6-8-16(9-7-15)19-11-20(13-22-12-19)17-4-3-5-18(10-17)21(23)24/h3-14H,1-2H3,(H,23,24). The largest absolute Gasteiger partial charge is 0.478 e. The van der Waals surface area contributed by atoms with Crippen LogP contribution in [-0.4, -0.2) is 16.1 Å². The monoisotopic (exact) mass is 317 g/mol. The highest BCUT2D eigenvalue weighted by molar-refractivity contribution is 5.89. The first-order valence-electron chi connectivity index (χ1n) is 7.93. The summed E-state index contributed by atoms with van der Waals surface area (Å²) < 4.78 is 0. The van der Waals surface area contributed by atoms with Crippen LogP contribution in [-0.2, 0) is 0 Å². The van der Waals surface area contributed by atoms with Crippen LogP contribution in [0.5, 0.6) is 0 Å². The number of pyridine rings is 1. The summed E-state index contributed by atoms with van der Waals surface area (Å²) in [4.78, 5) is 15.5. The fraction of sp³-hybridized carbons (Fsp3) is 0.143. The summed E-state index contributed by atoms with van der Waals surface area (Å²) in [5.74, 6) is -0.424. The minimum Gasteiger partial charge on any atom is -0.478 e. The fourth-order valence-electron chi connectivity index (χ4n) is 2.65. The average Bonchev–Trinajstić information content (AvgIpc) is 2.62. The molecule has 0 aliphatic carbocycles. The van der Waals surface area contributed by atoms with Crippen molar-refractivity contribution in [3.8, 4) is 22.3 Å². The van der Waals surface area contributed by atoms with Gasteiger partial charge in [0.15, 0.2) is 0 Å². The molecule has 0 saturated carbocycles. The van der Waals surface area contributed by atoms with E-state index < -0.39 is 5.97 Å². The van der Waals surface area contributed by atoms with Gasteiger partial charge in [0.25, 0.3) is 0 Å². The predicted octanol–water partition coefficient (Wildman–Crippen LogP) is 5.24. The van der Waals surface area contributed by atoms with Crippen LogP contribution in [0.2, 0.25) is 0 Å². The van der Waals surface area contributed by atoms with Gasteiger partial charge in [-0.25, -0.2) is 4.79 Å². The molecule has 0 saturated heterocycles. The van der Waals surface area contributed by atoms with Crippen molar-refractivity contribution in [3.63, 3.8) is 0 Å². The molecular weight excluding hydrogens is 298 g/mol. The number of rotatable bonds is 4. The maximum absolute atomic E-state index is 11.1. The van der Waals surface area contributed by atoms with Crippen molar-refractivity contribution in [2.75, 3.05) is 0 Å². The molecule has 0 spiro atoms. The third-order valence-electron chi connectivity index (χ3n) is 4.09. The molecule has 0 bridgehead atoms. The number of aromatic carboxylic acids is 1. The third-order valence-corrected chi connectivity index (χ3v) is 4.09. The summed E-state index contributed by atoms with van der Waals surface area (Å²) in [6, 6.07) is 17.4. The maximum Gasteiger partial charge on any atom is 0.335 e. The number of aromatic nitrogens is 1. The third kappa shape index (κ3) is 3.35. The molecule has 0 aliphatic heterocycles. The minimum absolute atomic E-state index is 0.277. The zero-order valence-corrected chi connectivity index (χ0v) is 13.7. The zero-order valence-electron chi connectivity index (χ0n) is 13.7. The molecule has 0 aliphatic rings. The molecule has 1 heterocycles. The summed E-state index contributed by atoms with van der Waals surface area (Å²) in [7, 11) is 0. The van der Waals surface area contributed by atoms with Crippen LogP contribution in [0.25, 0.3) is 22.3 Å². The Bertz CT molecular complexity index is 867. The van der Waals surface area contributed by atoms with Crippen LogP contribution in [0, 0.1) is 0 Å². The first-order chi connectivity index (χ1) is 11.5. The van der Waals surface area contributed by atoms with Gasteiger partial charge in [-0.1, -0.05) is 50.2 Å². The molecule has 1 aromatic heterocycles. The van der Waals surface area contributed by atoms with E-state index in [4.69, 9.17) is 5.11 Å². The lowest BCUT2D eigenvalue weighted by molar-refractivity contribution is 0.0697. The summed E-state index contributed by atoms with van der Waals surface area (Å²) in [6.45, 7) is 4.35. The fourth-order valence-corrected chi connectivity index (χ4v) is 2.65. The molecule has 0 unspecified atom stereocenters. The summed E-state index contributed by atoms with van der Waals surface area (Å²) >= 11 is 0.